The normalized spacial score (nSPS) is 18.9. The van der Waals surface area contributed by atoms with Crippen LogP contribution in [0, 0.1) is 0 Å². The zero-order valence-corrected chi connectivity index (χ0v) is 17.8. The van der Waals surface area contributed by atoms with Crippen LogP contribution in [0.5, 0.6) is 5.75 Å². The van der Waals surface area contributed by atoms with Crippen LogP contribution in [0.15, 0.2) is 50.3 Å². The van der Waals surface area contributed by atoms with Gasteiger partial charge in [-0.05, 0) is 75.1 Å². The molecule has 1 N–H and O–H groups in total. The van der Waals surface area contributed by atoms with Crippen LogP contribution in [-0.4, -0.2) is 19.2 Å². The summed E-state index contributed by atoms with van der Waals surface area (Å²) in [6, 6.07) is 4.69. The second-order valence-electron chi connectivity index (χ2n) is 7.70. The predicted octanol–water partition coefficient (Wildman–Crippen LogP) is 6.06. The molecule has 1 heterocycles. The van der Waals surface area contributed by atoms with Crippen molar-refractivity contribution >= 4 is 15.5 Å². The number of hydrogen-bond donors (Lipinski definition) is 1. The minimum atomic E-state index is -3.69. The second kappa shape index (κ2) is 9.08. The van der Waals surface area contributed by atoms with Crippen molar-refractivity contribution < 1.29 is 13.5 Å². The van der Waals surface area contributed by atoms with Gasteiger partial charge in [-0.15, -0.1) is 0 Å². The zero-order valence-electron chi connectivity index (χ0n) is 17.0. The van der Waals surface area contributed by atoms with Gasteiger partial charge < -0.3 is 5.11 Å². The Labute approximate surface area is 169 Å². The molecule has 152 valence electrons. The van der Waals surface area contributed by atoms with Crippen molar-refractivity contribution in [2.24, 2.45) is 4.99 Å². The van der Waals surface area contributed by atoms with Gasteiger partial charge in [0.15, 0.2) is 0 Å². The highest BCUT2D eigenvalue weighted by atomic mass is 32.2. The first-order valence-electron chi connectivity index (χ1n) is 10.6. The molecule has 2 aliphatic rings. The average molecular weight is 402 g/mol. The summed E-state index contributed by atoms with van der Waals surface area (Å²) < 4.78 is 27.2. The molecule has 0 atom stereocenters. The molecule has 1 aromatic carbocycles. The van der Waals surface area contributed by atoms with E-state index in [2.05, 4.69) is 19.9 Å². The lowest BCUT2D eigenvalue weighted by Crippen LogP contribution is -2.12. The molecule has 1 aliphatic carbocycles. The van der Waals surface area contributed by atoms with E-state index in [1.807, 2.05) is 0 Å². The van der Waals surface area contributed by atoms with Gasteiger partial charge in [-0.3, -0.25) is 4.99 Å². The topological polar surface area (TPSA) is 66.7 Å². The lowest BCUT2D eigenvalue weighted by atomic mass is 9.92. The van der Waals surface area contributed by atoms with E-state index in [4.69, 9.17) is 4.99 Å². The minimum absolute atomic E-state index is 0.0221. The van der Waals surface area contributed by atoms with Gasteiger partial charge >= 0.3 is 0 Å². The summed E-state index contributed by atoms with van der Waals surface area (Å²) in [7, 11) is -3.69. The van der Waals surface area contributed by atoms with Gasteiger partial charge in [-0.25, -0.2) is 8.42 Å². The van der Waals surface area contributed by atoms with Crippen LogP contribution in [0.1, 0.15) is 83.6 Å². The van der Waals surface area contributed by atoms with E-state index in [-0.39, 0.29) is 10.6 Å². The molecule has 1 aliphatic heterocycles. The molecule has 0 amide bonds. The zero-order chi connectivity index (χ0) is 20.1. The molecule has 3 rings (SSSR count). The molecule has 0 bridgehead atoms. The Morgan fingerprint density at radius 2 is 1.82 bits per heavy atom. The van der Waals surface area contributed by atoms with Gasteiger partial charge in [0.1, 0.15) is 5.75 Å². The number of benzene rings is 1. The van der Waals surface area contributed by atoms with Crippen LogP contribution in [0.2, 0.25) is 0 Å². The van der Waals surface area contributed by atoms with Crippen LogP contribution in [0.4, 0.5) is 0 Å². The summed E-state index contributed by atoms with van der Waals surface area (Å²) in [6.07, 6.45) is 11.2. The van der Waals surface area contributed by atoms with Gasteiger partial charge in [0.05, 0.1) is 21.2 Å². The van der Waals surface area contributed by atoms with Gasteiger partial charge in [0.25, 0.3) is 0 Å². The molecule has 0 aromatic heterocycles. The van der Waals surface area contributed by atoms with Crippen molar-refractivity contribution in [1.29, 1.82) is 0 Å². The van der Waals surface area contributed by atoms with Crippen molar-refractivity contribution in [3.8, 4) is 5.75 Å². The first-order chi connectivity index (χ1) is 13.5. The molecule has 0 fully saturated rings. The van der Waals surface area contributed by atoms with Crippen LogP contribution >= 0.6 is 0 Å². The number of allylic oxidation sites excluding steroid dienone is 4. The summed E-state index contributed by atoms with van der Waals surface area (Å²) in [4.78, 5) is 5.65. The standard InChI is InChI=1S/C23H31NO3S/c1-3-5-12-20-21(13-6-4-2)28(26,27)22-16-18(25)14-15-19(22)23(24-20)17-10-8-7-9-11-17/h10,14-16,25H,3-9,11-13H2,1-2H3. The molecule has 4 nitrogen and oxygen atoms in total. The largest absolute Gasteiger partial charge is 0.508 e. The fourth-order valence-electron chi connectivity index (χ4n) is 3.93. The quantitative estimate of drug-likeness (QED) is 0.604. The number of phenolic OH excluding ortho intramolecular Hbond substituents is 1. The molecule has 0 spiro atoms. The Bertz CT molecular complexity index is 923. The molecule has 28 heavy (non-hydrogen) atoms. The maximum absolute atomic E-state index is 13.6. The van der Waals surface area contributed by atoms with Crippen molar-refractivity contribution in [3.05, 3.63) is 46.0 Å². The Balaban J connectivity index is 2.27. The Morgan fingerprint density at radius 1 is 1.07 bits per heavy atom. The maximum Gasteiger partial charge on any atom is 0.205 e. The van der Waals surface area contributed by atoms with E-state index < -0.39 is 9.84 Å². The number of fused-ring (bicyclic) bond motifs is 1. The Morgan fingerprint density at radius 3 is 2.50 bits per heavy atom. The third-order valence-corrected chi connectivity index (χ3v) is 7.53. The highest BCUT2D eigenvalue weighted by Gasteiger charge is 2.32. The number of unbranched alkanes of at least 4 members (excludes halogenated alkanes) is 2. The molecular weight excluding hydrogens is 370 g/mol. The third-order valence-electron chi connectivity index (χ3n) is 5.52. The summed E-state index contributed by atoms with van der Waals surface area (Å²) in [5, 5.41) is 10.0. The summed E-state index contributed by atoms with van der Waals surface area (Å²) in [5.74, 6) is -0.0221. The van der Waals surface area contributed by atoms with Crippen LogP contribution in [0.25, 0.3) is 0 Å². The fraction of sp³-hybridized carbons (Fsp3) is 0.522. The number of aliphatic imine (C=N–C) groups is 1. The monoisotopic (exact) mass is 401 g/mol. The number of phenols is 1. The summed E-state index contributed by atoms with van der Waals surface area (Å²) in [5.41, 5.74) is 3.27. The van der Waals surface area contributed by atoms with Crippen molar-refractivity contribution in [1.82, 2.24) is 0 Å². The van der Waals surface area contributed by atoms with Gasteiger partial charge in [0.2, 0.25) is 9.84 Å². The number of rotatable bonds is 7. The minimum Gasteiger partial charge on any atom is -0.508 e. The maximum atomic E-state index is 13.6. The average Bonchev–Trinajstić information content (AvgIpc) is 2.78. The second-order valence-corrected chi connectivity index (χ2v) is 9.64. The van der Waals surface area contributed by atoms with Crippen molar-refractivity contribution in [2.45, 2.75) is 83.0 Å². The molecule has 5 heteroatoms. The molecular formula is C23H31NO3S. The van der Waals surface area contributed by atoms with Crippen LogP contribution in [-0.2, 0) is 9.84 Å². The van der Waals surface area contributed by atoms with E-state index in [0.717, 1.165) is 62.7 Å². The summed E-state index contributed by atoms with van der Waals surface area (Å²) >= 11 is 0. The SMILES string of the molecule is CCCCC1=C(CCCC)S(=O)(=O)c2cc(O)ccc2C(C2=CCCCC2)=N1. The van der Waals surface area contributed by atoms with E-state index in [1.54, 1.807) is 12.1 Å². The lowest BCUT2D eigenvalue weighted by molar-refractivity contribution is 0.473. The van der Waals surface area contributed by atoms with E-state index in [0.29, 0.717) is 29.0 Å². The fourth-order valence-corrected chi connectivity index (χ4v) is 5.79. The Hall–Kier alpha value is -1.88. The molecule has 0 unspecified atom stereocenters. The first kappa shape index (κ1) is 20.8. The number of sulfone groups is 1. The first-order valence-corrected chi connectivity index (χ1v) is 12.1. The molecule has 1 aromatic rings. The third kappa shape index (κ3) is 4.24. The number of nitrogens with zero attached hydrogens (tertiary/aromatic N) is 1. The van der Waals surface area contributed by atoms with E-state index in [9.17, 15) is 13.5 Å². The van der Waals surface area contributed by atoms with Crippen molar-refractivity contribution in [3.63, 3.8) is 0 Å². The van der Waals surface area contributed by atoms with Crippen LogP contribution in [0.3, 0.4) is 0 Å². The molecule has 0 radical (unpaired) electrons. The predicted molar refractivity (Wildman–Crippen MR) is 114 cm³/mol. The van der Waals surface area contributed by atoms with Crippen molar-refractivity contribution in [2.75, 3.05) is 0 Å². The smallest absolute Gasteiger partial charge is 0.205 e. The highest BCUT2D eigenvalue weighted by Crippen LogP contribution is 2.38. The highest BCUT2D eigenvalue weighted by molar-refractivity contribution is 7.95. The summed E-state index contributed by atoms with van der Waals surface area (Å²) in [6.45, 7) is 4.18. The number of hydrogen-bond acceptors (Lipinski definition) is 4. The lowest BCUT2D eigenvalue weighted by Gasteiger charge is -2.16. The van der Waals surface area contributed by atoms with Gasteiger partial charge in [0, 0.05) is 5.56 Å². The molecule has 0 saturated heterocycles. The van der Waals surface area contributed by atoms with Gasteiger partial charge in [-0.1, -0.05) is 32.8 Å². The Kier molecular flexibility index (Phi) is 6.76. The van der Waals surface area contributed by atoms with E-state index in [1.165, 1.54) is 6.07 Å². The van der Waals surface area contributed by atoms with E-state index >= 15 is 0 Å². The van der Waals surface area contributed by atoms with Crippen LogP contribution < -0.4 is 0 Å². The number of aromatic hydroxyl groups is 1. The molecule has 0 saturated carbocycles. The van der Waals surface area contributed by atoms with Gasteiger partial charge in [-0.2, -0.15) is 0 Å².